The molecule has 1 saturated heterocycles. The van der Waals surface area contributed by atoms with Gasteiger partial charge in [0.05, 0.1) is 22.7 Å². The summed E-state index contributed by atoms with van der Waals surface area (Å²) in [7, 11) is 0. The van der Waals surface area contributed by atoms with Crippen molar-refractivity contribution in [1.82, 2.24) is 9.88 Å². The van der Waals surface area contributed by atoms with Gasteiger partial charge in [0.25, 0.3) is 5.91 Å². The highest BCUT2D eigenvalue weighted by Gasteiger charge is 2.21. The maximum atomic E-state index is 12.4. The Hall–Kier alpha value is -2.77. The Morgan fingerprint density at radius 2 is 1.82 bits per heavy atom. The Morgan fingerprint density at radius 3 is 2.54 bits per heavy atom. The second-order valence-corrected chi connectivity index (χ2v) is 7.96. The molecule has 0 bridgehead atoms. The van der Waals surface area contributed by atoms with Crippen molar-refractivity contribution in [3.8, 4) is 0 Å². The minimum atomic E-state index is -0.289. The van der Waals surface area contributed by atoms with Crippen molar-refractivity contribution >= 4 is 39.1 Å². The lowest BCUT2D eigenvalue weighted by atomic mass is 10.1. The number of hydrogen-bond acceptors (Lipinski definition) is 5. The van der Waals surface area contributed by atoms with Crippen molar-refractivity contribution in [2.45, 2.75) is 25.4 Å². The van der Waals surface area contributed by atoms with Crippen LogP contribution in [0.5, 0.6) is 0 Å². The molecule has 0 aliphatic carbocycles. The number of carbonyl (C=O) groups is 2. The van der Waals surface area contributed by atoms with Gasteiger partial charge in [0, 0.05) is 18.8 Å². The quantitative estimate of drug-likeness (QED) is 0.711. The summed E-state index contributed by atoms with van der Waals surface area (Å²) in [6.07, 6.45) is 1.31. The van der Waals surface area contributed by atoms with E-state index >= 15 is 0 Å². The maximum absolute atomic E-state index is 12.4. The lowest BCUT2D eigenvalue weighted by Gasteiger charge is -2.29. The summed E-state index contributed by atoms with van der Waals surface area (Å²) in [5.74, 6) is -0.171. The maximum Gasteiger partial charge on any atom is 0.284 e. The fourth-order valence-corrected chi connectivity index (χ4v) is 4.12. The van der Waals surface area contributed by atoms with Crippen LogP contribution in [0.2, 0.25) is 0 Å². The first-order valence-corrected chi connectivity index (χ1v) is 10.1. The van der Waals surface area contributed by atoms with Crippen LogP contribution < -0.4 is 5.32 Å². The Morgan fingerprint density at radius 1 is 1.11 bits per heavy atom. The zero-order valence-electron chi connectivity index (χ0n) is 15.3. The van der Waals surface area contributed by atoms with E-state index in [-0.39, 0.29) is 17.9 Å². The number of carbonyl (C=O) groups excluding carboxylic acids is 2. The molecule has 3 aromatic rings. The van der Waals surface area contributed by atoms with E-state index in [1.807, 2.05) is 36.4 Å². The average Bonchev–Trinajstić information content (AvgIpc) is 3.14. The number of thiazole rings is 1. The van der Waals surface area contributed by atoms with Gasteiger partial charge in [-0.2, -0.15) is 0 Å². The molecule has 0 atom stereocenters. The molecule has 28 heavy (non-hydrogen) atoms. The fourth-order valence-electron chi connectivity index (χ4n) is 3.26. The van der Waals surface area contributed by atoms with Crippen LogP contribution in [-0.4, -0.2) is 46.0 Å². The predicted octanol–water partition coefficient (Wildman–Crippen LogP) is 3.07. The van der Waals surface area contributed by atoms with Crippen molar-refractivity contribution in [3.63, 3.8) is 0 Å². The Kier molecular flexibility index (Phi) is 5.36. The van der Waals surface area contributed by atoms with Gasteiger partial charge in [-0.05, 0) is 42.7 Å². The smallest absolute Gasteiger partial charge is 0.284 e. The molecule has 4 rings (SSSR count). The number of aliphatic hydroxyl groups excluding tert-OH is 1. The first kappa shape index (κ1) is 18.6. The highest BCUT2D eigenvalue weighted by Crippen LogP contribution is 2.22. The standard InChI is InChI=1S/C21H21N3O3S/c25-16-9-11-24(12-10-16)19(26)13-14-5-7-15(8-6-14)22-20(27)21-23-17-3-1-2-4-18(17)28-21/h1-8,16,25H,9-13H2,(H,22,27). The van der Waals surface area contributed by atoms with E-state index in [0.29, 0.717) is 43.0 Å². The third-order valence-corrected chi connectivity index (χ3v) is 5.91. The summed E-state index contributed by atoms with van der Waals surface area (Å²) in [5, 5.41) is 12.8. The van der Waals surface area contributed by atoms with E-state index in [4.69, 9.17) is 0 Å². The highest BCUT2D eigenvalue weighted by atomic mass is 32.1. The van der Waals surface area contributed by atoms with Crippen molar-refractivity contribution in [2.24, 2.45) is 0 Å². The normalized spacial score (nSPS) is 15.0. The molecular formula is C21H21N3O3S. The molecule has 1 fully saturated rings. The number of nitrogens with one attached hydrogen (secondary N) is 1. The summed E-state index contributed by atoms with van der Waals surface area (Å²) in [4.78, 5) is 31.0. The second kappa shape index (κ2) is 8.08. The summed E-state index contributed by atoms with van der Waals surface area (Å²) >= 11 is 1.36. The molecule has 0 unspecified atom stereocenters. The molecule has 1 aromatic heterocycles. The van der Waals surface area contributed by atoms with Crippen LogP contribution in [0.15, 0.2) is 48.5 Å². The zero-order chi connectivity index (χ0) is 19.5. The first-order chi connectivity index (χ1) is 13.6. The minimum Gasteiger partial charge on any atom is -0.393 e. The highest BCUT2D eigenvalue weighted by molar-refractivity contribution is 7.20. The number of para-hydroxylation sites is 1. The summed E-state index contributed by atoms with van der Waals surface area (Å²) < 4.78 is 0.978. The van der Waals surface area contributed by atoms with E-state index in [1.54, 1.807) is 17.0 Å². The molecular weight excluding hydrogens is 374 g/mol. The third kappa shape index (κ3) is 4.21. The van der Waals surface area contributed by atoms with Crippen LogP contribution in [0.3, 0.4) is 0 Å². The molecule has 1 aliphatic rings. The molecule has 0 saturated carbocycles. The van der Waals surface area contributed by atoms with E-state index in [2.05, 4.69) is 10.3 Å². The van der Waals surface area contributed by atoms with Crippen LogP contribution >= 0.6 is 11.3 Å². The van der Waals surface area contributed by atoms with Gasteiger partial charge in [-0.1, -0.05) is 24.3 Å². The van der Waals surface area contributed by atoms with Gasteiger partial charge in [-0.3, -0.25) is 9.59 Å². The molecule has 2 heterocycles. The van der Waals surface area contributed by atoms with Crippen LogP contribution in [0.25, 0.3) is 10.2 Å². The summed E-state index contributed by atoms with van der Waals surface area (Å²) in [6, 6.07) is 15.0. The SMILES string of the molecule is O=C(Nc1ccc(CC(=O)N2CCC(O)CC2)cc1)c1nc2ccccc2s1. The number of aromatic nitrogens is 1. The van der Waals surface area contributed by atoms with E-state index in [1.165, 1.54) is 11.3 Å². The number of anilines is 1. The number of benzene rings is 2. The summed E-state index contributed by atoms with van der Waals surface area (Å²) in [6.45, 7) is 1.21. The number of hydrogen-bond donors (Lipinski definition) is 2. The number of amides is 2. The van der Waals surface area contributed by atoms with Crippen LogP contribution in [0.1, 0.15) is 28.2 Å². The molecule has 0 radical (unpaired) electrons. The number of likely N-dealkylation sites (tertiary alicyclic amines) is 1. The number of rotatable bonds is 4. The topological polar surface area (TPSA) is 82.5 Å². The molecule has 2 N–H and O–H groups in total. The number of nitrogens with zero attached hydrogens (tertiary/aromatic N) is 2. The second-order valence-electron chi connectivity index (χ2n) is 6.93. The molecule has 0 spiro atoms. The predicted molar refractivity (Wildman–Crippen MR) is 110 cm³/mol. The van der Waals surface area contributed by atoms with Crippen molar-refractivity contribution < 1.29 is 14.7 Å². The molecule has 6 nitrogen and oxygen atoms in total. The number of piperidine rings is 1. The number of aliphatic hydroxyl groups is 1. The largest absolute Gasteiger partial charge is 0.393 e. The van der Waals surface area contributed by atoms with E-state index in [0.717, 1.165) is 15.8 Å². The first-order valence-electron chi connectivity index (χ1n) is 9.30. The van der Waals surface area contributed by atoms with Crippen LogP contribution in [0, 0.1) is 0 Å². The summed E-state index contributed by atoms with van der Waals surface area (Å²) in [5.41, 5.74) is 2.38. The van der Waals surface area contributed by atoms with Gasteiger partial charge in [0.2, 0.25) is 5.91 Å². The monoisotopic (exact) mass is 395 g/mol. The molecule has 1 aliphatic heterocycles. The van der Waals surface area contributed by atoms with Gasteiger partial charge < -0.3 is 15.3 Å². The molecule has 2 amide bonds. The van der Waals surface area contributed by atoms with Crippen molar-refractivity contribution in [1.29, 1.82) is 0 Å². The van der Waals surface area contributed by atoms with Gasteiger partial charge >= 0.3 is 0 Å². The third-order valence-electron chi connectivity index (χ3n) is 4.87. The fraction of sp³-hybridized carbons (Fsp3) is 0.286. The molecule has 2 aromatic carbocycles. The van der Waals surface area contributed by atoms with Crippen LogP contribution in [-0.2, 0) is 11.2 Å². The molecule has 144 valence electrons. The van der Waals surface area contributed by atoms with Gasteiger partial charge in [-0.25, -0.2) is 4.98 Å². The Labute approximate surface area is 166 Å². The Bertz CT molecular complexity index is 959. The van der Waals surface area contributed by atoms with Crippen LogP contribution in [0.4, 0.5) is 5.69 Å². The van der Waals surface area contributed by atoms with E-state index in [9.17, 15) is 14.7 Å². The van der Waals surface area contributed by atoms with E-state index < -0.39 is 0 Å². The molecule has 7 heteroatoms. The zero-order valence-corrected chi connectivity index (χ0v) is 16.1. The Balaban J connectivity index is 1.36. The lowest BCUT2D eigenvalue weighted by Crippen LogP contribution is -2.40. The number of fused-ring (bicyclic) bond motifs is 1. The minimum absolute atomic E-state index is 0.0677. The van der Waals surface area contributed by atoms with Gasteiger partial charge in [0.1, 0.15) is 0 Å². The lowest BCUT2D eigenvalue weighted by molar-refractivity contribution is -0.132. The van der Waals surface area contributed by atoms with Crippen molar-refractivity contribution in [2.75, 3.05) is 18.4 Å². The van der Waals surface area contributed by atoms with Gasteiger partial charge in [-0.15, -0.1) is 11.3 Å². The average molecular weight is 395 g/mol. The van der Waals surface area contributed by atoms with Crippen molar-refractivity contribution in [3.05, 3.63) is 59.1 Å². The van der Waals surface area contributed by atoms with Gasteiger partial charge in [0.15, 0.2) is 5.01 Å².